The summed E-state index contributed by atoms with van der Waals surface area (Å²) >= 11 is 10.3. The zero-order valence-corrected chi connectivity index (χ0v) is 7.49. The highest BCUT2D eigenvalue weighted by Crippen LogP contribution is 2.32. The van der Waals surface area contributed by atoms with E-state index in [0.717, 1.165) is 0 Å². The minimum absolute atomic E-state index is 0.812. The van der Waals surface area contributed by atoms with Crippen LogP contribution in [0.5, 0.6) is 0 Å². The fraction of sp³-hybridized carbons (Fsp3) is 0.143. The molecule has 0 N–H and O–H groups in total. The molecule has 13 heavy (non-hydrogen) atoms. The van der Waals surface area contributed by atoms with Gasteiger partial charge in [0.15, 0.2) is 17.5 Å². The summed E-state index contributed by atoms with van der Waals surface area (Å²) in [5.41, 5.74) is -1.05. The predicted molar refractivity (Wildman–Crippen MR) is 41.1 cm³/mol. The van der Waals surface area contributed by atoms with Crippen LogP contribution in [-0.2, 0) is 6.67 Å². The summed E-state index contributed by atoms with van der Waals surface area (Å²) in [6, 6.07) is 0. The van der Waals surface area contributed by atoms with E-state index in [1.165, 1.54) is 0 Å². The van der Waals surface area contributed by atoms with Crippen LogP contribution < -0.4 is 0 Å². The molecule has 0 radical (unpaired) electrons. The van der Waals surface area contributed by atoms with Crippen molar-refractivity contribution in [3.8, 4) is 0 Å². The van der Waals surface area contributed by atoms with Crippen molar-refractivity contribution in [1.82, 2.24) is 0 Å². The normalized spacial score (nSPS) is 10.6. The molecule has 0 saturated carbocycles. The summed E-state index contributed by atoms with van der Waals surface area (Å²) in [5.74, 6) is -4.55. The van der Waals surface area contributed by atoms with Gasteiger partial charge in [-0.15, -0.1) is 0 Å². The van der Waals surface area contributed by atoms with Crippen molar-refractivity contribution in [1.29, 1.82) is 0 Å². The van der Waals surface area contributed by atoms with Gasteiger partial charge in [-0.05, 0) is 0 Å². The molecule has 6 heteroatoms. The van der Waals surface area contributed by atoms with E-state index in [2.05, 4.69) is 0 Å². The number of benzene rings is 1. The van der Waals surface area contributed by atoms with Gasteiger partial charge in [0.25, 0.3) is 0 Å². The third-order valence-electron chi connectivity index (χ3n) is 1.43. The minimum atomic E-state index is -1.64. The van der Waals surface area contributed by atoms with Crippen LogP contribution in [0.3, 0.4) is 0 Å². The fourth-order valence-corrected chi connectivity index (χ4v) is 1.13. The second-order valence-electron chi connectivity index (χ2n) is 2.18. The summed E-state index contributed by atoms with van der Waals surface area (Å²) < 4.78 is 50.2. The molecular weight excluding hydrogens is 231 g/mol. The van der Waals surface area contributed by atoms with Crippen molar-refractivity contribution in [3.63, 3.8) is 0 Å². The average Bonchev–Trinajstić information content (AvgIpc) is 2.13. The predicted octanol–water partition coefficient (Wildman–Crippen LogP) is 3.88. The third-order valence-corrected chi connectivity index (χ3v) is 2.24. The fourth-order valence-electron chi connectivity index (χ4n) is 0.768. The number of hydrogen-bond acceptors (Lipinski definition) is 0. The third kappa shape index (κ3) is 1.60. The lowest BCUT2D eigenvalue weighted by Gasteiger charge is -2.05. The molecule has 1 aromatic carbocycles. The molecule has 0 atom stereocenters. The van der Waals surface area contributed by atoms with Gasteiger partial charge in [-0.3, -0.25) is 0 Å². The molecule has 0 aliphatic rings. The monoisotopic (exact) mass is 232 g/mol. The molecule has 0 saturated heterocycles. The smallest absolute Gasteiger partial charge is 0.179 e. The van der Waals surface area contributed by atoms with Crippen molar-refractivity contribution < 1.29 is 17.6 Å². The topological polar surface area (TPSA) is 0 Å². The van der Waals surface area contributed by atoms with Gasteiger partial charge < -0.3 is 0 Å². The Morgan fingerprint density at radius 3 is 1.77 bits per heavy atom. The van der Waals surface area contributed by atoms with Gasteiger partial charge in [0.05, 0.1) is 10.6 Å². The molecule has 0 heterocycles. The second-order valence-corrected chi connectivity index (χ2v) is 2.94. The molecule has 0 nitrogen and oxygen atoms in total. The van der Waals surface area contributed by atoms with E-state index < -0.39 is 39.7 Å². The van der Waals surface area contributed by atoms with Crippen LogP contribution in [-0.4, -0.2) is 0 Å². The summed E-state index contributed by atoms with van der Waals surface area (Å²) in [6.07, 6.45) is 0. The molecule has 0 spiro atoms. The Labute approximate surface area is 81.1 Å². The highest BCUT2D eigenvalue weighted by Gasteiger charge is 2.22. The maximum Gasteiger partial charge on any atom is 0.179 e. The zero-order valence-electron chi connectivity index (χ0n) is 5.97. The van der Waals surface area contributed by atoms with E-state index in [1.54, 1.807) is 0 Å². The minimum Gasteiger partial charge on any atom is -0.246 e. The van der Waals surface area contributed by atoms with Crippen molar-refractivity contribution in [2.24, 2.45) is 0 Å². The molecule has 72 valence electrons. The van der Waals surface area contributed by atoms with Crippen LogP contribution in [0, 0.1) is 17.5 Å². The summed E-state index contributed by atoms with van der Waals surface area (Å²) in [6.45, 7) is -1.48. The van der Waals surface area contributed by atoms with Gasteiger partial charge in [0, 0.05) is 0 Å². The Hall–Kier alpha value is -0.480. The Kier molecular flexibility index (Phi) is 3.03. The summed E-state index contributed by atoms with van der Waals surface area (Å²) in [7, 11) is 0. The van der Waals surface area contributed by atoms with Crippen LogP contribution in [0.4, 0.5) is 17.6 Å². The van der Waals surface area contributed by atoms with Gasteiger partial charge in [-0.1, -0.05) is 23.2 Å². The first kappa shape index (κ1) is 10.6. The molecule has 0 aromatic heterocycles. The van der Waals surface area contributed by atoms with Crippen molar-refractivity contribution in [3.05, 3.63) is 33.1 Å². The quantitative estimate of drug-likeness (QED) is 0.392. The summed E-state index contributed by atoms with van der Waals surface area (Å²) in [4.78, 5) is 0. The lowest BCUT2D eigenvalue weighted by molar-refractivity contribution is 0.419. The van der Waals surface area contributed by atoms with Crippen molar-refractivity contribution in [2.45, 2.75) is 6.67 Å². The van der Waals surface area contributed by atoms with Gasteiger partial charge in [-0.2, -0.15) is 0 Å². The highest BCUT2D eigenvalue weighted by atomic mass is 35.5. The SMILES string of the molecule is FCc1c(F)c(F)c(Cl)c(Cl)c1F. The van der Waals surface area contributed by atoms with Crippen LogP contribution in [0.25, 0.3) is 0 Å². The number of rotatable bonds is 1. The van der Waals surface area contributed by atoms with E-state index in [9.17, 15) is 17.6 Å². The Morgan fingerprint density at radius 2 is 1.31 bits per heavy atom. The van der Waals surface area contributed by atoms with Crippen LogP contribution in [0.2, 0.25) is 10.0 Å². The number of halogens is 6. The van der Waals surface area contributed by atoms with E-state index in [1.807, 2.05) is 0 Å². The molecule has 0 fully saturated rings. The number of hydrogen-bond donors (Lipinski definition) is 0. The van der Waals surface area contributed by atoms with Gasteiger partial charge >= 0.3 is 0 Å². The maximum atomic E-state index is 12.8. The van der Waals surface area contributed by atoms with Gasteiger partial charge in [0.2, 0.25) is 0 Å². The molecule has 1 aromatic rings. The van der Waals surface area contributed by atoms with E-state index in [4.69, 9.17) is 23.2 Å². The Balaban J connectivity index is 3.56. The first-order valence-electron chi connectivity index (χ1n) is 3.07. The number of alkyl halides is 1. The highest BCUT2D eigenvalue weighted by molar-refractivity contribution is 6.42. The van der Waals surface area contributed by atoms with E-state index in [-0.39, 0.29) is 0 Å². The Morgan fingerprint density at radius 1 is 0.846 bits per heavy atom. The second kappa shape index (κ2) is 3.72. The molecule has 0 bridgehead atoms. The lowest BCUT2D eigenvalue weighted by Crippen LogP contribution is -1.99. The van der Waals surface area contributed by atoms with Crippen molar-refractivity contribution >= 4 is 23.2 Å². The average molecular weight is 233 g/mol. The lowest BCUT2D eigenvalue weighted by atomic mass is 10.2. The molecule has 1 rings (SSSR count). The van der Waals surface area contributed by atoms with E-state index in [0.29, 0.717) is 0 Å². The van der Waals surface area contributed by atoms with Crippen LogP contribution in [0.1, 0.15) is 5.56 Å². The van der Waals surface area contributed by atoms with Crippen LogP contribution in [0.15, 0.2) is 0 Å². The first-order valence-corrected chi connectivity index (χ1v) is 3.82. The van der Waals surface area contributed by atoms with Crippen LogP contribution >= 0.6 is 23.2 Å². The van der Waals surface area contributed by atoms with Gasteiger partial charge in [0.1, 0.15) is 11.7 Å². The van der Waals surface area contributed by atoms with Crippen molar-refractivity contribution in [2.75, 3.05) is 0 Å². The maximum absolute atomic E-state index is 12.8. The molecular formula is C7H2Cl2F4. The van der Waals surface area contributed by atoms with Gasteiger partial charge in [-0.25, -0.2) is 17.6 Å². The molecule has 0 aliphatic carbocycles. The molecule has 0 unspecified atom stereocenters. The largest absolute Gasteiger partial charge is 0.246 e. The Bertz CT molecular complexity index is 322. The first-order chi connectivity index (χ1) is 6.00. The summed E-state index contributed by atoms with van der Waals surface area (Å²) in [5, 5.41) is -1.69. The van der Waals surface area contributed by atoms with E-state index >= 15 is 0 Å². The molecule has 0 amide bonds. The standard InChI is InChI=1S/C7H2Cl2F4/c8-3-4(9)7(13)6(12)2(1-10)5(3)11/h1H2. The zero-order chi connectivity index (χ0) is 10.2. The molecule has 0 aliphatic heterocycles.